The fraction of sp³-hybridized carbons (Fsp3) is 0.700. The van der Waals surface area contributed by atoms with Crippen molar-refractivity contribution in [1.82, 2.24) is 4.37 Å². The van der Waals surface area contributed by atoms with Gasteiger partial charge in [-0.05, 0) is 25.4 Å². The summed E-state index contributed by atoms with van der Waals surface area (Å²) in [6.07, 6.45) is 0. The lowest BCUT2D eigenvalue weighted by atomic mass is 10.3. The second-order valence-electron chi connectivity index (χ2n) is 3.55. The Kier molecular flexibility index (Phi) is 4.82. The molecule has 0 saturated heterocycles. The molecule has 0 aliphatic carbocycles. The van der Waals surface area contributed by atoms with Crippen molar-refractivity contribution >= 4 is 22.4 Å². The van der Waals surface area contributed by atoms with Crippen LogP contribution in [-0.4, -0.2) is 37.8 Å². The number of rotatable bonds is 6. The fourth-order valence-corrected chi connectivity index (χ4v) is 2.17. The van der Waals surface area contributed by atoms with Crippen LogP contribution in [0.15, 0.2) is 0 Å². The summed E-state index contributed by atoms with van der Waals surface area (Å²) >= 11 is 1.35. The molecular weight excluding hydrogens is 226 g/mol. The van der Waals surface area contributed by atoms with Crippen molar-refractivity contribution in [2.24, 2.45) is 0 Å². The minimum Gasteiger partial charge on any atom is -0.487 e. The van der Waals surface area contributed by atoms with Crippen molar-refractivity contribution in [3.05, 3.63) is 0 Å². The van der Waals surface area contributed by atoms with Gasteiger partial charge in [-0.3, -0.25) is 0 Å². The number of nitrogens with two attached hydrogens (primary N) is 1. The molecule has 1 rings (SSSR count). The Labute approximate surface area is 100 Å². The van der Waals surface area contributed by atoms with Crippen LogP contribution >= 0.6 is 11.5 Å². The zero-order chi connectivity index (χ0) is 12.1. The normalized spacial score (nSPS) is 12.5. The molecular formula is C10H19N3O2S. The number of methoxy groups -OCH3 is 1. The van der Waals surface area contributed by atoms with Gasteiger partial charge in [0, 0.05) is 14.2 Å². The summed E-state index contributed by atoms with van der Waals surface area (Å²) in [4.78, 5) is 2.07. The maximum absolute atomic E-state index is 5.76. The second-order valence-corrected chi connectivity index (χ2v) is 4.30. The Morgan fingerprint density at radius 1 is 1.56 bits per heavy atom. The summed E-state index contributed by atoms with van der Waals surface area (Å²) in [6, 6.07) is 0.254. The Morgan fingerprint density at radius 3 is 2.81 bits per heavy atom. The first-order valence-electron chi connectivity index (χ1n) is 5.21. The molecule has 5 nitrogen and oxygen atoms in total. The highest BCUT2D eigenvalue weighted by molar-refractivity contribution is 7.11. The number of nitrogen functional groups attached to an aromatic ring is 1. The number of nitrogens with zero attached hydrogens (tertiary/aromatic N) is 2. The van der Waals surface area contributed by atoms with Gasteiger partial charge in [0.1, 0.15) is 0 Å². The highest BCUT2D eigenvalue weighted by Gasteiger charge is 2.20. The summed E-state index contributed by atoms with van der Waals surface area (Å²) in [7, 11) is 3.67. The number of aromatic nitrogens is 1. The molecule has 6 heteroatoms. The van der Waals surface area contributed by atoms with Gasteiger partial charge in [-0.15, -0.1) is 0 Å². The van der Waals surface area contributed by atoms with Gasteiger partial charge in [0.25, 0.3) is 0 Å². The SMILES string of the molecule is CCOc1c(N)nsc1N(C)C(C)COC. The van der Waals surface area contributed by atoms with E-state index >= 15 is 0 Å². The molecule has 1 atom stereocenters. The highest BCUT2D eigenvalue weighted by Crippen LogP contribution is 2.38. The van der Waals surface area contributed by atoms with Gasteiger partial charge in [-0.1, -0.05) is 0 Å². The topological polar surface area (TPSA) is 60.6 Å². The Morgan fingerprint density at radius 2 is 2.25 bits per heavy atom. The lowest BCUT2D eigenvalue weighted by Crippen LogP contribution is -2.32. The van der Waals surface area contributed by atoms with Gasteiger partial charge in [-0.2, -0.15) is 4.37 Å². The fourth-order valence-electron chi connectivity index (χ4n) is 1.34. The molecule has 1 aromatic rings. The largest absolute Gasteiger partial charge is 0.487 e. The third-order valence-corrected chi connectivity index (χ3v) is 3.27. The summed E-state index contributed by atoms with van der Waals surface area (Å²) in [6.45, 7) is 5.25. The maximum atomic E-state index is 5.76. The minimum absolute atomic E-state index is 0.254. The van der Waals surface area contributed by atoms with Crippen LogP contribution in [0.25, 0.3) is 0 Å². The van der Waals surface area contributed by atoms with E-state index in [1.807, 2.05) is 14.0 Å². The summed E-state index contributed by atoms with van der Waals surface area (Å²) < 4.78 is 14.7. The number of hydrogen-bond acceptors (Lipinski definition) is 6. The molecule has 0 aliphatic heterocycles. The average molecular weight is 245 g/mol. The smallest absolute Gasteiger partial charge is 0.197 e. The molecule has 0 amide bonds. The van der Waals surface area contributed by atoms with Gasteiger partial charge >= 0.3 is 0 Å². The third kappa shape index (κ3) is 2.76. The van der Waals surface area contributed by atoms with Gasteiger partial charge in [0.05, 0.1) is 19.3 Å². The van der Waals surface area contributed by atoms with Gasteiger partial charge in [0.15, 0.2) is 16.6 Å². The predicted molar refractivity (Wildman–Crippen MR) is 67.4 cm³/mol. The van der Waals surface area contributed by atoms with Crippen LogP contribution < -0.4 is 15.4 Å². The second kappa shape index (κ2) is 5.91. The monoisotopic (exact) mass is 245 g/mol. The van der Waals surface area contributed by atoms with Gasteiger partial charge < -0.3 is 20.1 Å². The van der Waals surface area contributed by atoms with Crippen LogP contribution in [-0.2, 0) is 4.74 Å². The number of anilines is 2. The lowest BCUT2D eigenvalue weighted by Gasteiger charge is -2.25. The van der Waals surface area contributed by atoms with E-state index in [0.29, 0.717) is 24.8 Å². The summed E-state index contributed by atoms with van der Waals surface area (Å²) in [5.74, 6) is 1.14. The number of hydrogen-bond donors (Lipinski definition) is 1. The van der Waals surface area contributed by atoms with Crippen molar-refractivity contribution in [3.63, 3.8) is 0 Å². The quantitative estimate of drug-likeness (QED) is 0.824. The predicted octanol–water partition coefficient (Wildman–Crippen LogP) is 1.60. The minimum atomic E-state index is 0.254. The van der Waals surface area contributed by atoms with E-state index in [-0.39, 0.29) is 6.04 Å². The molecule has 16 heavy (non-hydrogen) atoms. The first kappa shape index (κ1) is 13.1. The number of likely N-dealkylation sites (N-methyl/N-ethyl adjacent to an activating group) is 1. The molecule has 0 aliphatic rings. The molecule has 1 unspecified atom stereocenters. The first-order chi connectivity index (χ1) is 7.61. The van der Waals surface area contributed by atoms with Crippen molar-refractivity contribution in [1.29, 1.82) is 0 Å². The standard InChI is InChI=1S/C10H19N3O2S/c1-5-15-8-9(11)12-16-10(8)13(3)7(2)6-14-4/h7H,5-6H2,1-4H3,(H2,11,12). The van der Waals surface area contributed by atoms with Gasteiger partial charge in [0.2, 0.25) is 0 Å². The first-order valence-corrected chi connectivity index (χ1v) is 5.98. The molecule has 0 saturated carbocycles. The van der Waals surface area contributed by atoms with Crippen molar-refractivity contribution in [3.8, 4) is 5.75 Å². The zero-order valence-electron chi connectivity index (χ0n) is 10.2. The van der Waals surface area contributed by atoms with E-state index in [9.17, 15) is 0 Å². The van der Waals surface area contributed by atoms with Crippen molar-refractivity contribution < 1.29 is 9.47 Å². The molecule has 1 heterocycles. The van der Waals surface area contributed by atoms with E-state index in [4.69, 9.17) is 15.2 Å². The molecule has 92 valence electrons. The van der Waals surface area contributed by atoms with Gasteiger partial charge in [-0.25, -0.2) is 0 Å². The van der Waals surface area contributed by atoms with E-state index in [1.165, 1.54) is 11.5 Å². The molecule has 1 aromatic heterocycles. The molecule has 0 spiro atoms. The Balaban J connectivity index is 2.85. The van der Waals surface area contributed by atoms with E-state index in [1.54, 1.807) is 7.11 Å². The van der Waals surface area contributed by atoms with Crippen LogP contribution in [0, 0.1) is 0 Å². The highest BCUT2D eigenvalue weighted by atomic mass is 32.1. The third-order valence-electron chi connectivity index (χ3n) is 2.34. The van der Waals surface area contributed by atoms with Crippen molar-refractivity contribution in [2.75, 3.05) is 38.0 Å². The van der Waals surface area contributed by atoms with Crippen LogP contribution in [0.4, 0.5) is 10.8 Å². The Bertz CT molecular complexity index is 330. The number of ether oxygens (including phenoxy) is 2. The Hall–Kier alpha value is -1.01. The maximum Gasteiger partial charge on any atom is 0.197 e. The molecule has 2 N–H and O–H groups in total. The lowest BCUT2D eigenvalue weighted by molar-refractivity contribution is 0.183. The van der Waals surface area contributed by atoms with Crippen LogP contribution in [0.5, 0.6) is 5.75 Å². The van der Waals surface area contributed by atoms with Crippen molar-refractivity contribution in [2.45, 2.75) is 19.9 Å². The summed E-state index contributed by atoms with van der Waals surface area (Å²) in [5.41, 5.74) is 5.76. The van der Waals surface area contributed by atoms with Crippen LogP contribution in [0.2, 0.25) is 0 Å². The zero-order valence-corrected chi connectivity index (χ0v) is 11.0. The van der Waals surface area contributed by atoms with E-state index < -0.39 is 0 Å². The molecule has 0 radical (unpaired) electrons. The van der Waals surface area contributed by atoms with E-state index in [0.717, 1.165) is 5.00 Å². The summed E-state index contributed by atoms with van der Waals surface area (Å²) in [5, 5.41) is 0.948. The molecule has 0 fully saturated rings. The van der Waals surface area contributed by atoms with Crippen LogP contribution in [0.3, 0.4) is 0 Å². The average Bonchev–Trinajstić information content (AvgIpc) is 2.61. The van der Waals surface area contributed by atoms with Crippen LogP contribution in [0.1, 0.15) is 13.8 Å². The van der Waals surface area contributed by atoms with E-state index in [2.05, 4.69) is 16.2 Å². The molecule has 0 aromatic carbocycles. The molecule has 0 bridgehead atoms.